The average molecular weight is 344 g/mol. The molecule has 1 saturated carbocycles. The van der Waals surface area contributed by atoms with Crippen molar-refractivity contribution in [2.24, 2.45) is 11.3 Å². The molecule has 2 atom stereocenters. The molecular weight excluding hydrogens is 324 g/mol. The lowest BCUT2D eigenvalue weighted by Gasteiger charge is -2.09. The van der Waals surface area contributed by atoms with Crippen molar-refractivity contribution in [1.29, 1.82) is 0 Å². The molecule has 1 aliphatic rings. The number of carboxylic acids is 1. The predicted octanol–water partition coefficient (Wildman–Crippen LogP) is 3.56. The molecule has 1 aromatic heterocycles. The molecule has 1 fully saturated rings. The lowest BCUT2D eigenvalue weighted by molar-refractivity contribution is -0.123. The van der Waals surface area contributed by atoms with Gasteiger partial charge >= 0.3 is 5.97 Å². The van der Waals surface area contributed by atoms with Crippen LogP contribution in [0.5, 0.6) is 0 Å². The number of nitrogens with zero attached hydrogens (tertiary/aromatic N) is 1. The third kappa shape index (κ3) is 3.33. The number of carbonyl (C=O) groups is 2. The number of nitrogens with one attached hydrogen (secondary N) is 1. The highest BCUT2D eigenvalue weighted by Gasteiger charge is 2.52. The summed E-state index contributed by atoms with van der Waals surface area (Å²) >= 11 is 1.30. The van der Waals surface area contributed by atoms with Crippen LogP contribution >= 0.6 is 11.3 Å². The van der Waals surface area contributed by atoms with Gasteiger partial charge in [-0.05, 0) is 29.9 Å². The Hall–Kier alpha value is -2.21. The minimum atomic E-state index is -1.02. The molecule has 1 aromatic carbocycles. The third-order valence-corrected chi connectivity index (χ3v) is 5.73. The van der Waals surface area contributed by atoms with Gasteiger partial charge in [0.2, 0.25) is 5.91 Å². The van der Waals surface area contributed by atoms with Gasteiger partial charge in [0, 0.05) is 23.4 Å². The van der Waals surface area contributed by atoms with E-state index in [2.05, 4.69) is 24.1 Å². The molecule has 5 nitrogen and oxygen atoms in total. The van der Waals surface area contributed by atoms with Crippen LogP contribution in [0.2, 0.25) is 0 Å². The van der Waals surface area contributed by atoms with Gasteiger partial charge in [-0.15, -0.1) is 11.3 Å². The summed E-state index contributed by atoms with van der Waals surface area (Å²) in [5.41, 5.74) is 2.07. The lowest BCUT2D eigenvalue weighted by atomic mass is 10.0. The van der Waals surface area contributed by atoms with Gasteiger partial charge in [-0.1, -0.05) is 32.0 Å². The van der Waals surface area contributed by atoms with E-state index in [4.69, 9.17) is 5.11 Å². The number of carboxylic acid groups (broad SMARTS) is 1. The van der Waals surface area contributed by atoms with Crippen molar-refractivity contribution in [2.45, 2.75) is 33.2 Å². The summed E-state index contributed by atoms with van der Waals surface area (Å²) in [5, 5.41) is 14.2. The maximum Gasteiger partial charge on any atom is 0.355 e. The molecule has 126 valence electrons. The summed E-state index contributed by atoms with van der Waals surface area (Å²) < 4.78 is 0. The highest BCUT2D eigenvalue weighted by Crippen LogP contribution is 2.54. The molecule has 3 rings (SSSR count). The fourth-order valence-electron chi connectivity index (χ4n) is 2.84. The van der Waals surface area contributed by atoms with Gasteiger partial charge in [-0.2, -0.15) is 0 Å². The summed E-state index contributed by atoms with van der Waals surface area (Å²) in [7, 11) is 0. The molecule has 2 unspecified atom stereocenters. The minimum absolute atomic E-state index is 0.0568. The molecule has 1 heterocycles. The first-order valence-electron chi connectivity index (χ1n) is 7.99. The van der Waals surface area contributed by atoms with Crippen LogP contribution in [-0.2, 0) is 11.3 Å². The molecule has 24 heavy (non-hydrogen) atoms. The summed E-state index contributed by atoms with van der Waals surface area (Å²) in [6.45, 7) is 4.75. The van der Waals surface area contributed by atoms with Crippen LogP contribution in [0.3, 0.4) is 0 Å². The molecule has 2 N–H and O–H groups in total. The molecular formula is C18H20N2O3S. The number of aromatic nitrogens is 1. The molecule has 0 saturated heterocycles. The topological polar surface area (TPSA) is 79.3 Å². The Balaban J connectivity index is 1.65. The van der Waals surface area contributed by atoms with Crippen LogP contribution in [0.1, 0.15) is 42.7 Å². The fourth-order valence-corrected chi connectivity index (χ4v) is 3.63. The standard InChI is InChI=1S/C18H20N2O3S/c1-3-18(2)8-13(18)15(21)19-9-11-5-4-6-12(7-11)16-20-14(10-24-16)17(22)23/h4-7,10,13H,3,8-9H2,1-2H3,(H,19,21)(H,22,23). The second kappa shape index (κ2) is 6.36. The van der Waals surface area contributed by atoms with Crippen LogP contribution in [0, 0.1) is 11.3 Å². The normalized spacial score (nSPS) is 22.2. The van der Waals surface area contributed by atoms with E-state index in [-0.39, 0.29) is 22.9 Å². The molecule has 0 aliphatic heterocycles. The number of rotatable bonds is 6. The van der Waals surface area contributed by atoms with Gasteiger partial charge < -0.3 is 10.4 Å². The summed E-state index contributed by atoms with van der Waals surface area (Å²) in [5.74, 6) is -0.778. The first-order valence-corrected chi connectivity index (χ1v) is 8.87. The number of hydrogen-bond acceptors (Lipinski definition) is 4. The Kier molecular flexibility index (Phi) is 4.41. The third-order valence-electron chi connectivity index (χ3n) is 4.84. The van der Waals surface area contributed by atoms with Crippen LogP contribution in [0.25, 0.3) is 10.6 Å². The maximum atomic E-state index is 12.2. The van der Waals surface area contributed by atoms with Crippen LogP contribution in [0.4, 0.5) is 0 Å². The SMILES string of the molecule is CCC1(C)CC1C(=O)NCc1cccc(-c2nc(C(=O)O)cs2)c1. The van der Waals surface area contributed by atoms with E-state index >= 15 is 0 Å². The molecule has 0 bridgehead atoms. The first kappa shape index (κ1) is 16.6. The van der Waals surface area contributed by atoms with Crippen molar-refractivity contribution in [1.82, 2.24) is 10.3 Å². The van der Waals surface area contributed by atoms with E-state index in [0.717, 1.165) is 24.0 Å². The van der Waals surface area contributed by atoms with E-state index in [1.807, 2.05) is 24.3 Å². The fraction of sp³-hybridized carbons (Fsp3) is 0.389. The van der Waals surface area contributed by atoms with E-state index < -0.39 is 5.97 Å². The van der Waals surface area contributed by atoms with Crippen molar-refractivity contribution in [3.8, 4) is 10.6 Å². The van der Waals surface area contributed by atoms with Gasteiger partial charge in [0.25, 0.3) is 0 Å². The molecule has 6 heteroatoms. The van der Waals surface area contributed by atoms with E-state index in [1.165, 1.54) is 16.7 Å². The second-order valence-electron chi connectivity index (χ2n) is 6.53. The van der Waals surface area contributed by atoms with Crippen molar-refractivity contribution in [3.05, 3.63) is 40.9 Å². The maximum absolute atomic E-state index is 12.2. The van der Waals surface area contributed by atoms with Crippen molar-refractivity contribution in [3.63, 3.8) is 0 Å². The van der Waals surface area contributed by atoms with E-state index in [0.29, 0.717) is 11.6 Å². The van der Waals surface area contributed by atoms with Gasteiger partial charge in [-0.3, -0.25) is 4.79 Å². The predicted molar refractivity (Wildman–Crippen MR) is 92.9 cm³/mol. The molecule has 0 spiro atoms. The molecule has 2 aromatic rings. The number of benzene rings is 1. The van der Waals surface area contributed by atoms with E-state index in [9.17, 15) is 9.59 Å². The zero-order valence-electron chi connectivity index (χ0n) is 13.7. The summed E-state index contributed by atoms with van der Waals surface area (Å²) in [4.78, 5) is 27.2. The number of aromatic carboxylic acids is 1. The number of amides is 1. The van der Waals surface area contributed by atoms with Gasteiger partial charge in [0.1, 0.15) is 5.01 Å². The van der Waals surface area contributed by atoms with Crippen molar-refractivity contribution >= 4 is 23.2 Å². The Morgan fingerprint density at radius 3 is 2.88 bits per heavy atom. The Bertz CT molecular complexity index is 786. The number of thiazole rings is 1. The smallest absolute Gasteiger partial charge is 0.355 e. The van der Waals surface area contributed by atoms with Crippen LogP contribution in [0.15, 0.2) is 29.6 Å². The highest BCUT2D eigenvalue weighted by atomic mass is 32.1. The quantitative estimate of drug-likeness (QED) is 0.840. The highest BCUT2D eigenvalue weighted by molar-refractivity contribution is 7.13. The number of hydrogen-bond donors (Lipinski definition) is 2. The second-order valence-corrected chi connectivity index (χ2v) is 7.38. The largest absolute Gasteiger partial charge is 0.476 e. The van der Waals surface area contributed by atoms with E-state index in [1.54, 1.807) is 0 Å². The number of carbonyl (C=O) groups excluding carboxylic acids is 1. The molecule has 0 radical (unpaired) electrons. The van der Waals surface area contributed by atoms with Gasteiger partial charge in [0.05, 0.1) is 0 Å². The van der Waals surface area contributed by atoms with Gasteiger partial charge in [0.15, 0.2) is 5.69 Å². The van der Waals surface area contributed by atoms with Crippen molar-refractivity contribution < 1.29 is 14.7 Å². The Morgan fingerprint density at radius 2 is 2.25 bits per heavy atom. The summed E-state index contributed by atoms with van der Waals surface area (Å²) in [6, 6.07) is 7.68. The van der Waals surface area contributed by atoms with Crippen molar-refractivity contribution in [2.75, 3.05) is 0 Å². The Morgan fingerprint density at radius 1 is 1.46 bits per heavy atom. The average Bonchev–Trinajstić information content (AvgIpc) is 3.04. The summed E-state index contributed by atoms with van der Waals surface area (Å²) in [6.07, 6.45) is 1.99. The monoisotopic (exact) mass is 344 g/mol. The molecule has 1 amide bonds. The zero-order valence-corrected chi connectivity index (χ0v) is 14.5. The minimum Gasteiger partial charge on any atom is -0.476 e. The molecule has 1 aliphatic carbocycles. The van der Waals surface area contributed by atoms with Crippen LogP contribution < -0.4 is 5.32 Å². The van der Waals surface area contributed by atoms with Crippen LogP contribution in [-0.4, -0.2) is 22.0 Å². The zero-order chi connectivity index (χ0) is 17.3. The first-order chi connectivity index (χ1) is 11.4. The lowest BCUT2D eigenvalue weighted by Crippen LogP contribution is -2.26. The van der Waals surface area contributed by atoms with Gasteiger partial charge in [-0.25, -0.2) is 9.78 Å². The Labute approximate surface area is 144 Å².